The van der Waals surface area contributed by atoms with E-state index < -0.39 is 11.6 Å². The van der Waals surface area contributed by atoms with Gasteiger partial charge in [0.15, 0.2) is 0 Å². The second-order valence-corrected chi connectivity index (χ2v) is 4.66. The van der Waals surface area contributed by atoms with Crippen molar-refractivity contribution in [3.05, 3.63) is 29.8 Å². The number of rotatable bonds is 1. The summed E-state index contributed by atoms with van der Waals surface area (Å²) in [5, 5.41) is 0. The average molecular weight is 211 g/mol. The molecule has 82 valence electrons. The van der Waals surface area contributed by atoms with E-state index in [1.165, 1.54) is 12.1 Å². The zero-order valence-corrected chi connectivity index (χ0v) is 9.06. The van der Waals surface area contributed by atoms with Gasteiger partial charge in [-0.2, -0.15) is 0 Å². The summed E-state index contributed by atoms with van der Waals surface area (Å²) in [6, 6.07) is 3.79. The summed E-state index contributed by atoms with van der Waals surface area (Å²) in [5.41, 5.74) is 0.484. The Labute approximate surface area is 88.7 Å². The van der Waals surface area contributed by atoms with Crippen molar-refractivity contribution in [1.29, 1.82) is 0 Å². The zero-order valence-electron chi connectivity index (χ0n) is 9.06. The highest BCUT2D eigenvalue weighted by atomic mass is 19.1. The Morgan fingerprint density at radius 3 is 2.53 bits per heavy atom. The lowest BCUT2D eigenvalue weighted by atomic mass is 10.0. The third-order valence-electron chi connectivity index (χ3n) is 3.10. The van der Waals surface area contributed by atoms with Crippen LogP contribution in [0.5, 0.6) is 0 Å². The molecular formula is C12H15F2N. The fourth-order valence-electron chi connectivity index (χ4n) is 2.25. The molecule has 15 heavy (non-hydrogen) atoms. The lowest BCUT2D eigenvalue weighted by molar-refractivity contribution is 0.504. The van der Waals surface area contributed by atoms with Crippen LogP contribution in [0.2, 0.25) is 0 Å². The van der Waals surface area contributed by atoms with E-state index in [1.54, 1.807) is 0 Å². The van der Waals surface area contributed by atoms with Crippen molar-refractivity contribution in [3.8, 4) is 0 Å². The molecule has 1 aliphatic rings. The maximum atomic E-state index is 13.6. The largest absolute Gasteiger partial charge is 0.364 e. The highest BCUT2D eigenvalue weighted by molar-refractivity contribution is 5.51. The van der Waals surface area contributed by atoms with Crippen LogP contribution in [0.3, 0.4) is 0 Å². The summed E-state index contributed by atoms with van der Waals surface area (Å²) in [4.78, 5) is 2.02. The van der Waals surface area contributed by atoms with Gasteiger partial charge in [0.2, 0.25) is 0 Å². The number of halogens is 2. The van der Waals surface area contributed by atoms with Crippen molar-refractivity contribution >= 4 is 5.69 Å². The molecule has 0 saturated carbocycles. The molecule has 0 aliphatic carbocycles. The van der Waals surface area contributed by atoms with E-state index in [-0.39, 0.29) is 5.54 Å². The van der Waals surface area contributed by atoms with Crippen molar-refractivity contribution in [2.24, 2.45) is 0 Å². The fraction of sp³-hybridized carbons (Fsp3) is 0.500. The molecule has 0 N–H and O–H groups in total. The molecule has 0 bridgehead atoms. The molecular weight excluding hydrogens is 196 g/mol. The van der Waals surface area contributed by atoms with Crippen molar-refractivity contribution in [3.63, 3.8) is 0 Å². The van der Waals surface area contributed by atoms with Gasteiger partial charge in [-0.1, -0.05) is 0 Å². The first-order chi connectivity index (χ1) is 7.00. The summed E-state index contributed by atoms with van der Waals surface area (Å²) < 4.78 is 26.3. The smallest absolute Gasteiger partial charge is 0.149 e. The molecule has 1 aromatic carbocycles. The van der Waals surface area contributed by atoms with Crippen LogP contribution in [0, 0.1) is 11.6 Å². The van der Waals surface area contributed by atoms with Crippen molar-refractivity contribution in [1.82, 2.24) is 0 Å². The summed E-state index contributed by atoms with van der Waals surface area (Å²) in [5.74, 6) is -0.988. The van der Waals surface area contributed by atoms with Crippen LogP contribution in [0.25, 0.3) is 0 Å². The minimum Gasteiger partial charge on any atom is -0.364 e. The Kier molecular flexibility index (Phi) is 2.41. The molecule has 1 nitrogen and oxygen atoms in total. The van der Waals surface area contributed by atoms with Gasteiger partial charge in [-0.15, -0.1) is 0 Å². The quantitative estimate of drug-likeness (QED) is 0.688. The number of benzene rings is 1. The molecule has 1 aromatic rings. The third kappa shape index (κ3) is 1.83. The van der Waals surface area contributed by atoms with E-state index in [2.05, 4.69) is 13.8 Å². The Morgan fingerprint density at radius 1 is 1.27 bits per heavy atom. The molecule has 3 heteroatoms. The van der Waals surface area contributed by atoms with Gasteiger partial charge in [-0.05, 0) is 38.8 Å². The number of hydrogen-bond donors (Lipinski definition) is 0. The SMILES string of the molecule is CC1(C)CCCN1c1ccc(F)cc1F. The molecule has 0 aromatic heterocycles. The van der Waals surface area contributed by atoms with Crippen LogP contribution in [0.15, 0.2) is 18.2 Å². The Morgan fingerprint density at radius 2 is 2.00 bits per heavy atom. The van der Waals surface area contributed by atoms with E-state index >= 15 is 0 Å². The number of hydrogen-bond acceptors (Lipinski definition) is 1. The minimum atomic E-state index is -0.520. The predicted molar refractivity (Wildman–Crippen MR) is 57.0 cm³/mol. The second kappa shape index (κ2) is 3.47. The molecule has 2 rings (SSSR count). The van der Waals surface area contributed by atoms with Gasteiger partial charge in [0, 0.05) is 18.2 Å². The maximum Gasteiger partial charge on any atom is 0.149 e. The zero-order chi connectivity index (χ0) is 11.1. The fourth-order valence-corrected chi connectivity index (χ4v) is 2.25. The minimum absolute atomic E-state index is 0.0291. The van der Waals surface area contributed by atoms with Crippen LogP contribution in [0.4, 0.5) is 14.5 Å². The first-order valence-electron chi connectivity index (χ1n) is 5.23. The van der Waals surface area contributed by atoms with Crippen LogP contribution >= 0.6 is 0 Å². The first kappa shape index (κ1) is 10.4. The molecule has 0 spiro atoms. The van der Waals surface area contributed by atoms with E-state index in [9.17, 15) is 8.78 Å². The molecule has 0 amide bonds. The van der Waals surface area contributed by atoms with Crippen molar-refractivity contribution in [2.45, 2.75) is 32.2 Å². The van der Waals surface area contributed by atoms with Gasteiger partial charge in [0.25, 0.3) is 0 Å². The van der Waals surface area contributed by atoms with Gasteiger partial charge in [-0.3, -0.25) is 0 Å². The van der Waals surface area contributed by atoms with Gasteiger partial charge in [0.1, 0.15) is 11.6 Å². The molecule has 1 aliphatic heterocycles. The highest BCUT2D eigenvalue weighted by Gasteiger charge is 2.33. The number of nitrogens with zero attached hydrogens (tertiary/aromatic N) is 1. The lowest BCUT2D eigenvalue weighted by Crippen LogP contribution is -2.38. The molecule has 0 atom stereocenters. The van der Waals surface area contributed by atoms with Gasteiger partial charge in [0.05, 0.1) is 5.69 Å². The van der Waals surface area contributed by atoms with Crippen molar-refractivity contribution < 1.29 is 8.78 Å². The molecule has 0 radical (unpaired) electrons. The first-order valence-corrected chi connectivity index (χ1v) is 5.23. The van der Waals surface area contributed by atoms with E-state index in [0.717, 1.165) is 25.5 Å². The van der Waals surface area contributed by atoms with Crippen LogP contribution in [-0.2, 0) is 0 Å². The third-order valence-corrected chi connectivity index (χ3v) is 3.10. The predicted octanol–water partition coefficient (Wildman–Crippen LogP) is 3.34. The second-order valence-electron chi connectivity index (χ2n) is 4.66. The monoisotopic (exact) mass is 211 g/mol. The summed E-state index contributed by atoms with van der Waals surface area (Å²) >= 11 is 0. The molecule has 0 unspecified atom stereocenters. The standard InChI is InChI=1S/C12H15F2N/c1-12(2)6-3-7-15(12)11-5-4-9(13)8-10(11)14/h4-5,8H,3,6-7H2,1-2H3. The number of anilines is 1. The summed E-state index contributed by atoms with van der Waals surface area (Å²) in [6.07, 6.45) is 2.10. The van der Waals surface area contributed by atoms with Crippen LogP contribution in [-0.4, -0.2) is 12.1 Å². The Bertz CT molecular complexity index is 374. The topological polar surface area (TPSA) is 3.24 Å². The average Bonchev–Trinajstić information content (AvgIpc) is 2.46. The van der Waals surface area contributed by atoms with Crippen LogP contribution < -0.4 is 4.90 Å². The van der Waals surface area contributed by atoms with Gasteiger partial charge in [-0.25, -0.2) is 8.78 Å². The van der Waals surface area contributed by atoms with E-state index in [0.29, 0.717) is 5.69 Å². The lowest BCUT2D eigenvalue weighted by Gasteiger charge is -2.33. The molecule has 1 heterocycles. The normalized spacial score (nSPS) is 19.6. The Hall–Kier alpha value is -1.12. The molecule has 1 saturated heterocycles. The maximum absolute atomic E-state index is 13.6. The molecule has 1 fully saturated rings. The highest BCUT2D eigenvalue weighted by Crippen LogP contribution is 2.34. The van der Waals surface area contributed by atoms with Crippen molar-refractivity contribution in [2.75, 3.05) is 11.4 Å². The van der Waals surface area contributed by atoms with Crippen LogP contribution in [0.1, 0.15) is 26.7 Å². The van der Waals surface area contributed by atoms with E-state index in [1.807, 2.05) is 4.90 Å². The van der Waals surface area contributed by atoms with Gasteiger partial charge < -0.3 is 4.90 Å². The van der Waals surface area contributed by atoms with Gasteiger partial charge >= 0.3 is 0 Å². The van der Waals surface area contributed by atoms with E-state index in [4.69, 9.17) is 0 Å². The Balaban J connectivity index is 2.37. The summed E-state index contributed by atoms with van der Waals surface area (Å²) in [6.45, 7) is 5.02. The summed E-state index contributed by atoms with van der Waals surface area (Å²) in [7, 11) is 0.